The van der Waals surface area contributed by atoms with Crippen molar-refractivity contribution < 1.29 is 17.6 Å². The summed E-state index contributed by atoms with van der Waals surface area (Å²) in [5.41, 5.74) is 2.58. The van der Waals surface area contributed by atoms with Crippen LogP contribution in [0.2, 0.25) is 0 Å². The Hall–Kier alpha value is -2.86. The molecule has 0 saturated heterocycles. The normalized spacial score (nSPS) is 12.7. The van der Waals surface area contributed by atoms with E-state index >= 15 is 0 Å². The first-order valence-corrected chi connectivity index (χ1v) is 11.1. The lowest BCUT2D eigenvalue weighted by Crippen LogP contribution is -2.31. The van der Waals surface area contributed by atoms with Gasteiger partial charge in [-0.25, -0.2) is 8.42 Å². The van der Waals surface area contributed by atoms with E-state index in [-0.39, 0.29) is 17.3 Å². The van der Waals surface area contributed by atoms with Crippen LogP contribution in [0, 0.1) is 6.92 Å². The molecule has 0 aliphatic rings. The number of benzene rings is 2. The molecule has 1 N–H and O–H groups in total. The Bertz CT molecular complexity index is 1050. The summed E-state index contributed by atoms with van der Waals surface area (Å²) in [5.74, 6) is 0.274. The van der Waals surface area contributed by atoms with Crippen LogP contribution in [0.3, 0.4) is 0 Å². The Morgan fingerprint density at radius 2 is 1.66 bits per heavy atom. The summed E-state index contributed by atoms with van der Waals surface area (Å²) < 4.78 is 32.0. The van der Waals surface area contributed by atoms with Gasteiger partial charge >= 0.3 is 0 Å². The van der Waals surface area contributed by atoms with E-state index in [1.54, 1.807) is 36.4 Å². The van der Waals surface area contributed by atoms with E-state index in [0.29, 0.717) is 17.2 Å². The number of hydrogen-bond acceptors (Lipinski definition) is 4. The third-order valence-electron chi connectivity index (χ3n) is 4.87. The third-order valence-corrected chi connectivity index (χ3v) is 6.95. The van der Waals surface area contributed by atoms with Gasteiger partial charge in [0, 0.05) is 12.1 Å². The minimum absolute atomic E-state index is 0.0888. The fraction of sp³-hybridized carbons (Fsp3) is 0.261. The van der Waals surface area contributed by atoms with Crippen LogP contribution < -0.4 is 5.32 Å². The molecular weight excluding hydrogens is 386 g/mol. The van der Waals surface area contributed by atoms with Crippen molar-refractivity contribution >= 4 is 15.7 Å². The van der Waals surface area contributed by atoms with Crippen LogP contribution in [0.1, 0.15) is 52.3 Å². The van der Waals surface area contributed by atoms with Gasteiger partial charge in [-0.2, -0.15) is 0 Å². The molecule has 1 amide bonds. The second-order valence-electron chi connectivity index (χ2n) is 7.35. The summed E-state index contributed by atoms with van der Waals surface area (Å²) in [7, 11) is -3.76. The standard InChI is InChI=1S/C23H25NO4S/c1-16(2)18-10-12-20(13-11-18)29(26,27)22(21-5-4-14-28-21)15-24-23(25)19-8-6-17(3)7-9-19/h4-14,16,22H,15H2,1-3H3,(H,24,25)/t22-/m0/s1. The summed E-state index contributed by atoms with van der Waals surface area (Å²) in [4.78, 5) is 12.7. The van der Waals surface area contributed by atoms with Crippen molar-refractivity contribution in [2.45, 2.75) is 36.8 Å². The molecule has 1 heterocycles. The monoisotopic (exact) mass is 411 g/mol. The van der Waals surface area contributed by atoms with Crippen LogP contribution in [-0.2, 0) is 9.84 Å². The zero-order valence-electron chi connectivity index (χ0n) is 16.8. The van der Waals surface area contributed by atoms with Crippen LogP contribution >= 0.6 is 0 Å². The number of hydrogen-bond donors (Lipinski definition) is 1. The van der Waals surface area contributed by atoms with Crippen molar-refractivity contribution in [3.05, 3.63) is 89.4 Å². The SMILES string of the molecule is Cc1ccc(C(=O)NC[C@@H](c2ccco2)S(=O)(=O)c2ccc(C(C)C)cc2)cc1. The van der Waals surface area contributed by atoms with Gasteiger partial charge in [0.05, 0.1) is 11.2 Å². The van der Waals surface area contributed by atoms with E-state index < -0.39 is 15.1 Å². The van der Waals surface area contributed by atoms with Crippen LogP contribution in [0.5, 0.6) is 0 Å². The molecule has 1 aromatic heterocycles. The molecule has 3 rings (SSSR count). The summed E-state index contributed by atoms with van der Waals surface area (Å²) in [6, 6.07) is 17.2. The lowest BCUT2D eigenvalue weighted by atomic mass is 10.0. The Morgan fingerprint density at radius 1 is 1.00 bits per heavy atom. The minimum Gasteiger partial charge on any atom is -0.468 e. The van der Waals surface area contributed by atoms with Gasteiger partial charge in [-0.05, 0) is 54.8 Å². The van der Waals surface area contributed by atoms with Gasteiger partial charge in [0.25, 0.3) is 5.91 Å². The molecule has 0 aliphatic heterocycles. The smallest absolute Gasteiger partial charge is 0.251 e. The Kier molecular flexibility index (Phi) is 6.23. The number of rotatable bonds is 7. The number of sulfone groups is 1. The Morgan fingerprint density at radius 3 is 2.21 bits per heavy atom. The van der Waals surface area contributed by atoms with Gasteiger partial charge in [0.15, 0.2) is 9.84 Å². The highest BCUT2D eigenvalue weighted by molar-refractivity contribution is 7.91. The average Bonchev–Trinajstić information content (AvgIpc) is 3.22. The Labute approximate surface area is 171 Å². The van der Waals surface area contributed by atoms with E-state index in [9.17, 15) is 13.2 Å². The summed E-state index contributed by atoms with van der Waals surface area (Å²) in [5, 5.41) is 1.72. The van der Waals surface area contributed by atoms with E-state index in [0.717, 1.165) is 11.1 Å². The molecule has 0 unspecified atom stereocenters. The molecule has 0 fully saturated rings. The quantitative estimate of drug-likeness (QED) is 0.614. The van der Waals surface area contributed by atoms with Gasteiger partial charge in [0.1, 0.15) is 11.0 Å². The highest BCUT2D eigenvalue weighted by atomic mass is 32.2. The highest BCUT2D eigenvalue weighted by Gasteiger charge is 2.32. The molecule has 152 valence electrons. The lowest BCUT2D eigenvalue weighted by molar-refractivity contribution is 0.0953. The first-order chi connectivity index (χ1) is 13.8. The molecule has 2 aromatic carbocycles. The summed E-state index contributed by atoms with van der Waals surface area (Å²) in [6.07, 6.45) is 1.43. The molecule has 0 aliphatic carbocycles. The number of furan rings is 1. The number of carbonyl (C=O) groups is 1. The minimum atomic E-state index is -3.76. The second kappa shape index (κ2) is 8.66. The maximum absolute atomic E-state index is 13.3. The van der Waals surface area contributed by atoms with Gasteiger partial charge in [-0.1, -0.05) is 43.7 Å². The molecular formula is C23H25NO4S. The third kappa shape index (κ3) is 4.77. The van der Waals surface area contributed by atoms with Gasteiger partial charge in [-0.15, -0.1) is 0 Å². The number of carbonyl (C=O) groups excluding carboxylic acids is 1. The average molecular weight is 412 g/mol. The van der Waals surface area contributed by atoms with Crippen molar-refractivity contribution in [1.82, 2.24) is 5.32 Å². The fourth-order valence-corrected chi connectivity index (χ4v) is 4.62. The van der Waals surface area contributed by atoms with E-state index in [4.69, 9.17) is 4.42 Å². The molecule has 6 heteroatoms. The molecule has 0 bridgehead atoms. The largest absolute Gasteiger partial charge is 0.468 e. The van der Waals surface area contributed by atoms with Crippen molar-refractivity contribution in [3.8, 4) is 0 Å². The van der Waals surface area contributed by atoms with E-state index in [2.05, 4.69) is 19.2 Å². The fourth-order valence-electron chi connectivity index (χ4n) is 3.04. The van der Waals surface area contributed by atoms with Gasteiger partial charge in [-0.3, -0.25) is 4.79 Å². The lowest BCUT2D eigenvalue weighted by Gasteiger charge is -2.17. The van der Waals surface area contributed by atoms with Crippen molar-refractivity contribution in [1.29, 1.82) is 0 Å². The van der Waals surface area contributed by atoms with E-state index in [1.807, 2.05) is 31.2 Å². The van der Waals surface area contributed by atoms with Crippen LogP contribution in [0.15, 0.2) is 76.2 Å². The maximum Gasteiger partial charge on any atom is 0.251 e. The van der Waals surface area contributed by atoms with Crippen LogP contribution in [-0.4, -0.2) is 20.9 Å². The first kappa shape index (κ1) is 20.9. The molecule has 3 aromatic rings. The predicted octanol–water partition coefficient (Wildman–Crippen LogP) is 4.66. The molecule has 29 heavy (non-hydrogen) atoms. The Balaban J connectivity index is 1.85. The molecule has 0 radical (unpaired) electrons. The molecule has 5 nitrogen and oxygen atoms in total. The summed E-state index contributed by atoms with van der Waals surface area (Å²) >= 11 is 0. The van der Waals surface area contributed by atoms with Gasteiger partial charge < -0.3 is 9.73 Å². The second-order valence-corrected chi connectivity index (χ2v) is 9.48. The zero-order chi connectivity index (χ0) is 21.0. The number of nitrogens with one attached hydrogen (secondary N) is 1. The van der Waals surface area contributed by atoms with Crippen molar-refractivity contribution in [2.24, 2.45) is 0 Å². The number of aryl methyl sites for hydroxylation is 1. The van der Waals surface area contributed by atoms with Crippen molar-refractivity contribution in [2.75, 3.05) is 6.54 Å². The predicted molar refractivity (Wildman–Crippen MR) is 113 cm³/mol. The zero-order valence-corrected chi connectivity index (χ0v) is 17.6. The summed E-state index contributed by atoms with van der Waals surface area (Å²) in [6.45, 7) is 5.95. The highest BCUT2D eigenvalue weighted by Crippen LogP contribution is 2.30. The maximum atomic E-state index is 13.3. The molecule has 1 atom stereocenters. The van der Waals surface area contributed by atoms with Crippen molar-refractivity contribution in [3.63, 3.8) is 0 Å². The molecule has 0 saturated carbocycles. The van der Waals surface area contributed by atoms with E-state index in [1.165, 1.54) is 6.26 Å². The van der Waals surface area contributed by atoms with Crippen LogP contribution in [0.25, 0.3) is 0 Å². The topological polar surface area (TPSA) is 76.4 Å². The van der Waals surface area contributed by atoms with Crippen LogP contribution in [0.4, 0.5) is 0 Å². The van der Waals surface area contributed by atoms with Gasteiger partial charge in [0.2, 0.25) is 0 Å². The first-order valence-electron chi connectivity index (χ1n) is 9.51. The molecule has 0 spiro atoms. The number of amides is 1.